The lowest BCUT2D eigenvalue weighted by Gasteiger charge is -2.30. The van der Waals surface area contributed by atoms with Crippen LogP contribution in [0.3, 0.4) is 0 Å². The zero-order valence-corrected chi connectivity index (χ0v) is 16.5. The first-order valence-corrected chi connectivity index (χ1v) is 10.2. The highest BCUT2D eigenvalue weighted by atomic mass is 32.2. The molecule has 1 aromatic carbocycles. The van der Waals surface area contributed by atoms with Crippen LogP contribution in [0.15, 0.2) is 24.3 Å². The van der Waals surface area contributed by atoms with Crippen LogP contribution in [0.1, 0.15) is 18.9 Å². The number of halogens is 1. The number of hydrogen-bond acceptors (Lipinski definition) is 5. The molecule has 8 nitrogen and oxygen atoms in total. The second-order valence-electron chi connectivity index (χ2n) is 6.21. The number of nitrogens with zero attached hydrogens (tertiary/aromatic N) is 2. The van der Waals surface area contributed by atoms with E-state index < -0.39 is 40.2 Å². The fourth-order valence-corrected chi connectivity index (χ4v) is 2.55. The minimum absolute atomic E-state index is 0.0191. The number of carbonyl (C=O) groups is 2. The van der Waals surface area contributed by atoms with Crippen LogP contribution in [0.4, 0.5) is 4.39 Å². The summed E-state index contributed by atoms with van der Waals surface area (Å²) in [4.78, 5) is 26.2. The van der Waals surface area contributed by atoms with Gasteiger partial charge in [-0.1, -0.05) is 12.1 Å². The molecular weight excluding hydrogens is 377 g/mol. The molecule has 1 rings (SSSR count). The molecule has 0 saturated carbocycles. The Kier molecular flexibility index (Phi) is 8.80. The summed E-state index contributed by atoms with van der Waals surface area (Å²) in [6, 6.07) is 4.59. The molecule has 0 spiro atoms. The van der Waals surface area contributed by atoms with Gasteiger partial charge < -0.3 is 15.3 Å². The maximum Gasteiger partial charge on any atom is 0.242 e. The molecule has 0 saturated heterocycles. The SMILES string of the molecule is C[C@H](C(=O)NCCCO)N(Cc1ccc(F)cc1)C(=O)CN(C)S(C)(=O)=O. The molecule has 0 aliphatic heterocycles. The van der Waals surface area contributed by atoms with Gasteiger partial charge >= 0.3 is 0 Å². The maximum absolute atomic E-state index is 13.1. The molecule has 0 aromatic heterocycles. The predicted molar refractivity (Wildman–Crippen MR) is 98.6 cm³/mol. The van der Waals surface area contributed by atoms with E-state index in [-0.39, 0.29) is 19.7 Å². The Morgan fingerprint density at radius 1 is 1.26 bits per heavy atom. The van der Waals surface area contributed by atoms with Gasteiger partial charge in [0.1, 0.15) is 11.9 Å². The van der Waals surface area contributed by atoms with Crippen LogP contribution >= 0.6 is 0 Å². The van der Waals surface area contributed by atoms with Crippen LogP contribution in [0.2, 0.25) is 0 Å². The van der Waals surface area contributed by atoms with Gasteiger partial charge in [0.25, 0.3) is 0 Å². The molecule has 10 heteroatoms. The van der Waals surface area contributed by atoms with Crippen molar-refractivity contribution in [3.63, 3.8) is 0 Å². The highest BCUT2D eigenvalue weighted by Gasteiger charge is 2.28. The summed E-state index contributed by atoms with van der Waals surface area (Å²) in [5.41, 5.74) is 0.599. The fourth-order valence-electron chi connectivity index (χ4n) is 2.21. The molecule has 0 radical (unpaired) electrons. The third kappa shape index (κ3) is 7.61. The normalized spacial score (nSPS) is 12.7. The van der Waals surface area contributed by atoms with E-state index in [9.17, 15) is 22.4 Å². The average molecular weight is 403 g/mol. The van der Waals surface area contributed by atoms with Gasteiger partial charge in [0.2, 0.25) is 21.8 Å². The molecular formula is C17H26FN3O5S. The molecule has 0 fully saturated rings. The second-order valence-corrected chi connectivity index (χ2v) is 8.30. The molecule has 1 aromatic rings. The van der Waals surface area contributed by atoms with E-state index >= 15 is 0 Å². The molecule has 0 aliphatic carbocycles. The summed E-state index contributed by atoms with van der Waals surface area (Å²) in [5, 5.41) is 11.4. The molecule has 0 aliphatic rings. The number of rotatable bonds is 10. The largest absolute Gasteiger partial charge is 0.396 e. The number of aliphatic hydroxyl groups is 1. The Bertz CT molecular complexity index is 739. The summed E-state index contributed by atoms with van der Waals surface area (Å²) in [6.45, 7) is 1.29. The fraction of sp³-hybridized carbons (Fsp3) is 0.529. The Labute approximate surface area is 159 Å². The summed E-state index contributed by atoms with van der Waals surface area (Å²) in [6.07, 6.45) is 1.36. The lowest BCUT2D eigenvalue weighted by atomic mass is 10.1. The Morgan fingerprint density at radius 3 is 2.37 bits per heavy atom. The van der Waals surface area contributed by atoms with E-state index in [4.69, 9.17) is 5.11 Å². The van der Waals surface area contributed by atoms with Crippen molar-refractivity contribution in [2.24, 2.45) is 0 Å². The van der Waals surface area contributed by atoms with E-state index in [0.29, 0.717) is 12.0 Å². The van der Waals surface area contributed by atoms with Crippen LogP contribution in [0, 0.1) is 5.82 Å². The maximum atomic E-state index is 13.1. The first-order valence-electron chi connectivity index (χ1n) is 8.40. The number of likely N-dealkylation sites (N-methyl/N-ethyl adjacent to an activating group) is 1. The lowest BCUT2D eigenvalue weighted by molar-refractivity contribution is -0.140. The van der Waals surface area contributed by atoms with E-state index in [1.165, 1.54) is 43.1 Å². The van der Waals surface area contributed by atoms with E-state index in [1.54, 1.807) is 0 Å². The van der Waals surface area contributed by atoms with Crippen molar-refractivity contribution in [1.29, 1.82) is 0 Å². The van der Waals surface area contributed by atoms with Crippen LogP contribution in [0.5, 0.6) is 0 Å². The van der Waals surface area contributed by atoms with Gasteiger partial charge in [0.05, 0.1) is 12.8 Å². The molecule has 152 valence electrons. The lowest BCUT2D eigenvalue weighted by Crippen LogP contribution is -2.50. The van der Waals surface area contributed by atoms with Gasteiger partial charge in [-0.3, -0.25) is 9.59 Å². The number of carbonyl (C=O) groups excluding carboxylic acids is 2. The molecule has 0 heterocycles. The molecule has 2 amide bonds. The summed E-state index contributed by atoms with van der Waals surface area (Å²) >= 11 is 0. The van der Waals surface area contributed by atoms with Crippen LogP contribution < -0.4 is 5.32 Å². The minimum Gasteiger partial charge on any atom is -0.396 e. The molecule has 1 atom stereocenters. The van der Waals surface area contributed by atoms with Crippen molar-refractivity contribution < 1.29 is 27.5 Å². The number of hydrogen-bond donors (Lipinski definition) is 2. The molecule has 2 N–H and O–H groups in total. The highest BCUT2D eigenvalue weighted by molar-refractivity contribution is 7.88. The number of aliphatic hydroxyl groups excluding tert-OH is 1. The highest BCUT2D eigenvalue weighted by Crippen LogP contribution is 2.12. The standard InChI is InChI=1S/C17H26FN3O5S/c1-13(17(24)19-9-4-10-22)21(11-14-5-7-15(18)8-6-14)16(23)12-20(2)27(3,25)26/h5-8,13,22H,4,9-12H2,1-3H3,(H,19,24)/t13-/m1/s1. The van der Waals surface area contributed by atoms with Crippen LogP contribution in [-0.4, -0.2) is 73.6 Å². The summed E-state index contributed by atoms with van der Waals surface area (Å²) in [5.74, 6) is -1.42. The number of amides is 2. The Balaban J connectivity index is 2.98. The summed E-state index contributed by atoms with van der Waals surface area (Å²) in [7, 11) is -2.29. The van der Waals surface area contributed by atoms with E-state index in [1.807, 2.05) is 0 Å². The van der Waals surface area contributed by atoms with Gasteiger partial charge in [-0.05, 0) is 31.0 Å². The number of sulfonamides is 1. The van der Waals surface area contributed by atoms with Crippen molar-refractivity contribution >= 4 is 21.8 Å². The minimum atomic E-state index is -3.57. The van der Waals surface area contributed by atoms with Gasteiger partial charge in [-0.25, -0.2) is 12.8 Å². The van der Waals surface area contributed by atoms with Gasteiger partial charge in [0, 0.05) is 26.7 Å². The zero-order chi connectivity index (χ0) is 20.6. The van der Waals surface area contributed by atoms with Crippen molar-refractivity contribution in [3.8, 4) is 0 Å². The van der Waals surface area contributed by atoms with Crippen LogP contribution in [0.25, 0.3) is 0 Å². The van der Waals surface area contributed by atoms with Crippen molar-refractivity contribution in [2.75, 3.05) is 33.0 Å². The quantitative estimate of drug-likeness (QED) is 0.532. The third-order valence-corrected chi connectivity index (χ3v) is 5.25. The number of nitrogens with one attached hydrogen (secondary N) is 1. The first kappa shape index (κ1) is 23.0. The Hall–Kier alpha value is -2.04. The smallest absolute Gasteiger partial charge is 0.242 e. The molecule has 27 heavy (non-hydrogen) atoms. The van der Waals surface area contributed by atoms with Crippen molar-refractivity contribution in [3.05, 3.63) is 35.6 Å². The second kappa shape index (κ2) is 10.3. The molecule has 0 bridgehead atoms. The van der Waals surface area contributed by atoms with Crippen molar-refractivity contribution in [2.45, 2.75) is 25.9 Å². The Morgan fingerprint density at radius 2 is 1.85 bits per heavy atom. The summed E-state index contributed by atoms with van der Waals surface area (Å²) < 4.78 is 37.1. The van der Waals surface area contributed by atoms with Crippen molar-refractivity contribution in [1.82, 2.24) is 14.5 Å². The predicted octanol–water partition coefficient (Wildman–Crippen LogP) is -0.0672. The van der Waals surface area contributed by atoms with Crippen LogP contribution in [-0.2, 0) is 26.2 Å². The monoisotopic (exact) mass is 403 g/mol. The van der Waals surface area contributed by atoms with E-state index in [0.717, 1.165) is 10.6 Å². The third-order valence-electron chi connectivity index (χ3n) is 3.99. The van der Waals surface area contributed by atoms with Gasteiger partial charge in [-0.2, -0.15) is 4.31 Å². The molecule has 0 unspecified atom stereocenters. The van der Waals surface area contributed by atoms with Gasteiger partial charge in [0.15, 0.2) is 0 Å². The zero-order valence-electron chi connectivity index (χ0n) is 15.7. The number of benzene rings is 1. The topological polar surface area (TPSA) is 107 Å². The van der Waals surface area contributed by atoms with Gasteiger partial charge in [-0.15, -0.1) is 0 Å². The average Bonchev–Trinajstić information content (AvgIpc) is 2.59. The van der Waals surface area contributed by atoms with E-state index in [2.05, 4.69) is 5.32 Å². The first-order chi connectivity index (χ1) is 12.6.